The summed E-state index contributed by atoms with van der Waals surface area (Å²) in [7, 11) is 0. The fourth-order valence-corrected chi connectivity index (χ4v) is 2.98. The number of hydrogen-bond acceptors (Lipinski definition) is 2. The maximum Gasteiger partial charge on any atom is 0.251 e. The minimum Gasteiger partial charge on any atom is -0.382 e. The van der Waals surface area contributed by atoms with Gasteiger partial charge in [-0.2, -0.15) is 0 Å². The van der Waals surface area contributed by atoms with Crippen LogP contribution in [0.15, 0.2) is 24.3 Å². The van der Waals surface area contributed by atoms with Gasteiger partial charge in [0.2, 0.25) is 0 Å². The molecule has 3 atom stereocenters. The van der Waals surface area contributed by atoms with E-state index in [1.807, 2.05) is 31.2 Å². The maximum atomic E-state index is 11.7. The van der Waals surface area contributed by atoms with Gasteiger partial charge < -0.3 is 10.6 Å². The van der Waals surface area contributed by atoms with Crippen molar-refractivity contribution < 1.29 is 4.79 Å². The molecule has 0 aromatic heterocycles. The quantitative estimate of drug-likeness (QED) is 0.879. The first kappa shape index (κ1) is 14.9. The molecule has 2 rings (SSSR count). The van der Waals surface area contributed by atoms with Crippen LogP contribution in [-0.2, 0) is 0 Å². The molecular weight excluding hydrogens is 248 g/mol. The summed E-state index contributed by atoms with van der Waals surface area (Å²) in [6, 6.07) is 8.36. The van der Waals surface area contributed by atoms with Crippen molar-refractivity contribution in [3.8, 4) is 0 Å². The third-order valence-corrected chi connectivity index (χ3v) is 4.54. The molecule has 110 valence electrons. The van der Waals surface area contributed by atoms with Gasteiger partial charge in [-0.05, 0) is 49.4 Å². The molecule has 3 nitrogen and oxygen atoms in total. The summed E-state index contributed by atoms with van der Waals surface area (Å²) in [5.74, 6) is 1.49. The van der Waals surface area contributed by atoms with Crippen LogP contribution in [0.3, 0.4) is 0 Å². The molecule has 3 heteroatoms. The zero-order valence-electron chi connectivity index (χ0n) is 12.8. The van der Waals surface area contributed by atoms with Gasteiger partial charge in [0.25, 0.3) is 5.91 Å². The highest BCUT2D eigenvalue weighted by atomic mass is 16.1. The van der Waals surface area contributed by atoms with Crippen molar-refractivity contribution in [2.45, 2.75) is 46.1 Å². The lowest BCUT2D eigenvalue weighted by Gasteiger charge is -2.35. The highest BCUT2D eigenvalue weighted by Crippen LogP contribution is 2.31. The summed E-state index contributed by atoms with van der Waals surface area (Å²) in [6.45, 7) is 7.27. The number of nitrogens with one attached hydrogen (secondary N) is 2. The average Bonchev–Trinajstić information content (AvgIpc) is 2.45. The smallest absolute Gasteiger partial charge is 0.251 e. The van der Waals surface area contributed by atoms with Crippen LogP contribution in [0, 0.1) is 11.8 Å². The van der Waals surface area contributed by atoms with Crippen LogP contribution in [0.4, 0.5) is 5.69 Å². The molecule has 1 saturated carbocycles. The van der Waals surface area contributed by atoms with E-state index in [9.17, 15) is 4.79 Å². The van der Waals surface area contributed by atoms with Gasteiger partial charge in [-0.3, -0.25) is 4.79 Å². The number of rotatable bonds is 4. The van der Waals surface area contributed by atoms with Crippen molar-refractivity contribution >= 4 is 11.6 Å². The first-order valence-corrected chi connectivity index (χ1v) is 7.76. The Morgan fingerprint density at radius 1 is 1.20 bits per heavy atom. The largest absolute Gasteiger partial charge is 0.382 e. The third kappa shape index (κ3) is 3.53. The Morgan fingerprint density at radius 2 is 1.90 bits per heavy atom. The fourth-order valence-electron chi connectivity index (χ4n) is 2.98. The molecular formula is C17H26N2O. The van der Waals surface area contributed by atoms with Gasteiger partial charge in [0.1, 0.15) is 0 Å². The Labute approximate surface area is 122 Å². The molecule has 20 heavy (non-hydrogen) atoms. The second kappa shape index (κ2) is 6.78. The normalized spacial score (nSPS) is 26.1. The second-order valence-electron chi connectivity index (χ2n) is 5.95. The summed E-state index contributed by atoms with van der Waals surface area (Å²) in [5.41, 5.74) is 1.84. The van der Waals surface area contributed by atoms with E-state index >= 15 is 0 Å². The highest BCUT2D eigenvalue weighted by molar-refractivity contribution is 5.94. The van der Waals surface area contributed by atoms with Crippen LogP contribution in [0.1, 0.15) is 50.4 Å². The van der Waals surface area contributed by atoms with Crippen molar-refractivity contribution in [3.05, 3.63) is 29.8 Å². The van der Waals surface area contributed by atoms with Crippen LogP contribution < -0.4 is 10.6 Å². The average molecular weight is 274 g/mol. The maximum absolute atomic E-state index is 11.7. The molecule has 1 aromatic carbocycles. The van der Waals surface area contributed by atoms with Gasteiger partial charge in [-0.15, -0.1) is 0 Å². The topological polar surface area (TPSA) is 41.1 Å². The summed E-state index contributed by atoms with van der Waals surface area (Å²) in [5, 5.41) is 6.44. The molecule has 0 radical (unpaired) electrons. The number of carbonyl (C=O) groups is 1. The minimum atomic E-state index is -0.00120. The summed E-state index contributed by atoms with van der Waals surface area (Å²) in [4.78, 5) is 11.7. The SMILES string of the molecule is CCNC(=O)c1ccc(NC2CCCC(C)C2C)cc1. The monoisotopic (exact) mass is 274 g/mol. The standard InChI is InChI=1S/C17H26N2O/c1-4-18-17(20)14-8-10-15(11-9-14)19-16-7-5-6-12(2)13(16)3/h8-13,16,19H,4-7H2,1-3H3,(H,18,20). The molecule has 1 aliphatic rings. The zero-order valence-corrected chi connectivity index (χ0v) is 12.8. The van der Waals surface area contributed by atoms with Crippen molar-refractivity contribution in [3.63, 3.8) is 0 Å². The summed E-state index contributed by atoms with van der Waals surface area (Å²) >= 11 is 0. The molecule has 1 aromatic rings. The van der Waals surface area contributed by atoms with Crippen molar-refractivity contribution in [2.75, 3.05) is 11.9 Å². The van der Waals surface area contributed by atoms with Crippen molar-refractivity contribution in [2.24, 2.45) is 11.8 Å². The number of anilines is 1. The van der Waals surface area contributed by atoms with Gasteiger partial charge in [-0.25, -0.2) is 0 Å². The third-order valence-electron chi connectivity index (χ3n) is 4.54. The van der Waals surface area contributed by atoms with Gasteiger partial charge in [0, 0.05) is 23.8 Å². The molecule has 1 amide bonds. The Morgan fingerprint density at radius 3 is 2.55 bits per heavy atom. The Hall–Kier alpha value is -1.51. The molecule has 2 N–H and O–H groups in total. The molecule has 1 aliphatic carbocycles. The lowest BCUT2D eigenvalue weighted by atomic mass is 9.78. The molecule has 0 saturated heterocycles. The second-order valence-corrected chi connectivity index (χ2v) is 5.95. The van der Waals surface area contributed by atoms with Gasteiger partial charge in [-0.1, -0.05) is 26.7 Å². The fraction of sp³-hybridized carbons (Fsp3) is 0.588. The van der Waals surface area contributed by atoms with Crippen LogP contribution in [0.2, 0.25) is 0 Å². The Balaban J connectivity index is 1.98. The van der Waals surface area contributed by atoms with E-state index in [4.69, 9.17) is 0 Å². The van der Waals surface area contributed by atoms with Gasteiger partial charge in [0.15, 0.2) is 0 Å². The number of hydrogen-bond donors (Lipinski definition) is 2. The van der Waals surface area contributed by atoms with E-state index in [2.05, 4.69) is 24.5 Å². The van der Waals surface area contributed by atoms with Crippen molar-refractivity contribution in [1.82, 2.24) is 5.32 Å². The predicted molar refractivity (Wildman–Crippen MR) is 84.0 cm³/mol. The summed E-state index contributed by atoms with van der Waals surface area (Å²) < 4.78 is 0. The van der Waals surface area contributed by atoms with Gasteiger partial charge in [0.05, 0.1) is 0 Å². The molecule has 1 fully saturated rings. The first-order chi connectivity index (χ1) is 9.61. The van der Waals surface area contributed by atoms with Crippen LogP contribution in [0.25, 0.3) is 0 Å². The molecule has 0 bridgehead atoms. The predicted octanol–water partition coefficient (Wildman–Crippen LogP) is 3.67. The molecule has 0 aliphatic heterocycles. The number of carbonyl (C=O) groups excluding carboxylic acids is 1. The van der Waals surface area contributed by atoms with Crippen LogP contribution in [-0.4, -0.2) is 18.5 Å². The van der Waals surface area contributed by atoms with E-state index in [0.717, 1.165) is 17.2 Å². The van der Waals surface area contributed by atoms with E-state index in [1.165, 1.54) is 19.3 Å². The number of benzene rings is 1. The zero-order chi connectivity index (χ0) is 14.5. The molecule has 3 unspecified atom stereocenters. The Bertz CT molecular complexity index is 441. The first-order valence-electron chi connectivity index (χ1n) is 7.76. The van der Waals surface area contributed by atoms with E-state index in [1.54, 1.807) is 0 Å². The van der Waals surface area contributed by atoms with E-state index < -0.39 is 0 Å². The molecule has 0 heterocycles. The Kier molecular flexibility index (Phi) is 5.05. The van der Waals surface area contributed by atoms with Gasteiger partial charge >= 0.3 is 0 Å². The summed E-state index contributed by atoms with van der Waals surface area (Å²) in [6.07, 6.45) is 3.89. The number of amides is 1. The van der Waals surface area contributed by atoms with Crippen LogP contribution in [0.5, 0.6) is 0 Å². The van der Waals surface area contributed by atoms with Crippen molar-refractivity contribution in [1.29, 1.82) is 0 Å². The van der Waals surface area contributed by atoms with E-state index in [-0.39, 0.29) is 5.91 Å². The van der Waals surface area contributed by atoms with Crippen LogP contribution >= 0.6 is 0 Å². The van der Waals surface area contributed by atoms with E-state index in [0.29, 0.717) is 18.5 Å². The highest BCUT2D eigenvalue weighted by Gasteiger charge is 2.26. The lowest BCUT2D eigenvalue weighted by Crippen LogP contribution is -2.35. The minimum absolute atomic E-state index is 0.00120. The molecule has 0 spiro atoms. The lowest BCUT2D eigenvalue weighted by molar-refractivity contribution is 0.0956.